The van der Waals surface area contributed by atoms with Crippen LogP contribution in [0.3, 0.4) is 0 Å². The predicted molar refractivity (Wildman–Crippen MR) is 34.6 cm³/mol. The van der Waals surface area contributed by atoms with E-state index in [1.807, 2.05) is 0 Å². The third-order valence-electron chi connectivity index (χ3n) is 0.655. The molecule has 0 N–H and O–H groups in total. The van der Waals surface area contributed by atoms with Crippen LogP contribution in [-0.2, 0) is 20.8 Å². The first kappa shape index (κ1) is 8.94. The second-order valence-electron chi connectivity index (χ2n) is 1.16. The summed E-state index contributed by atoms with van der Waals surface area (Å²) in [5.41, 5.74) is 0. The Labute approximate surface area is 68.2 Å². The van der Waals surface area contributed by atoms with Gasteiger partial charge in [0.1, 0.15) is 0 Å². The molecule has 0 unspecified atom stereocenters. The maximum atomic E-state index is 4.93. The average Bonchev–Trinajstić information content (AvgIpc) is 2.17. The molecule has 0 aromatic rings. The summed E-state index contributed by atoms with van der Waals surface area (Å²) >= 11 is -0.826. The fourth-order valence-electron chi connectivity index (χ4n) is 0.393. The first-order valence-electron chi connectivity index (χ1n) is 2.19. The molecule has 0 radical (unpaired) electrons. The zero-order chi connectivity index (χ0) is 6.24. The first-order chi connectivity index (χ1) is 3.91. The molecule has 0 fully saturated rings. The summed E-state index contributed by atoms with van der Waals surface area (Å²) in [6, 6.07) is 0. The van der Waals surface area contributed by atoms with Crippen LogP contribution in [0.15, 0.2) is 24.3 Å². The molecule has 0 atom stereocenters. The van der Waals surface area contributed by atoms with Crippen molar-refractivity contribution < 1.29 is 20.8 Å². The van der Waals surface area contributed by atoms with E-state index in [-0.39, 0.29) is 0 Å². The van der Waals surface area contributed by atoms with Gasteiger partial charge in [-0.3, -0.25) is 0 Å². The van der Waals surface area contributed by atoms with Gasteiger partial charge in [-0.15, -0.1) is 0 Å². The van der Waals surface area contributed by atoms with Crippen LogP contribution in [0, 0.1) is 0 Å². The molecule has 0 nitrogen and oxygen atoms in total. The van der Waals surface area contributed by atoms with Gasteiger partial charge in [0, 0.05) is 0 Å². The fraction of sp³-hybridized carbons (Fsp3) is 0.200. The second-order valence-corrected chi connectivity index (χ2v) is 4.90. The van der Waals surface area contributed by atoms with Crippen molar-refractivity contribution in [1.82, 2.24) is 0 Å². The van der Waals surface area contributed by atoms with E-state index >= 15 is 0 Å². The molecule has 0 aromatic heterocycles. The van der Waals surface area contributed by atoms with Gasteiger partial charge in [-0.1, -0.05) is 24.3 Å². The Hall–Kier alpha value is 0.943. The van der Waals surface area contributed by atoms with Gasteiger partial charge in [0.15, 0.2) is 0 Å². The van der Waals surface area contributed by atoms with Crippen molar-refractivity contribution >= 4 is 17.0 Å². The Morgan fingerprint density at radius 2 is 1.50 bits per heavy atom. The molecule has 3 heteroatoms. The van der Waals surface area contributed by atoms with Gasteiger partial charge in [0.05, 0.1) is 0 Å². The molecule has 1 aliphatic rings. The van der Waals surface area contributed by atoms with E-state index in [0.717, 1.165) is 6.42 Å². The molecule has 0 aromatic carbocycles. The van der Waals surface area contributed by atoms with Crippen molar-refractivity contribution in [2.45, 2.75) is 6.42 Å². The number of hydrogen-bond acceptors (Lipinski definition) is 0. The Morgan fingerprint density at radius 3 is 1.62 bits per heavy atom. The summed E-state index contributed by atoms with van der Waals surface area (Å²) in [6.45, 7) is 0. The normalized spacial score (nSPS) is 12.8. The number of allylic oxidation sites excluding steroid dienone is 4. The van der Waals surface area contributed by atoms with Crippen LogP contribution in [0.4, 0.5) is 0 Å². The summed E-state index contributed by atoms with van der Waals surface area (Å²) in [6.07, 6.45) is 9.50. The van der Waals surface area contributed by atoms with Gasteiger partial charge in [0.2, 0.25) is 0 Å². The van der Waals surface area contributed by atoms with Gasteiger partial charge < -0.3 is 0 Å². The molecule has 0 saturated carbocycles. The molecule has 0 amide bonds. The van der Waals surface area contributed by atoms with Crippen molar-refractivity contribution in [3.05, 3.63) is 24.3 Å². The fourth-order valence-corrected chi connectivity index (χ4v) is 0.393. The summed E-state index contributed by atoms with van der Waals surface area (Å²) in [4.78, 5) is 0. The molecular formula is C5H6Cl2Zr. The first-order valence-corrected chi connectivity index (χ1v) is 8.52. The van der Waals surface area contributed by atoms with Crippen LogP contribution in [0.25, 0.3) is 0 Å². The minimum absolute atomic E-state index is 0.826. The van der Waals surface area contributed by atoms with Gasteiger partial charge in [-0.25, -0.2) is 0 Å². The number of halogens is 2. The Kier molecular flexibility index (Phi) is 8.88. The van der Waals surface area contributed by atoms with E-state index in [9.17, 15) is 0 Å². The number of rotatable bonds is 0. The molecule has 0 aliphatic heterocycles. The summed E-state index contributed by atoms with van der Waals surface area (Å²) in [7, 11) is 9.87. The molecule has 8 heavy (non-hydrogen) atoms. The monoisotopic (exact) mass is 226 g/mol. The molecule has 0 spiro atoms. The average molecular weight is 228 g/mol. The van der Waals surface area contributed by atoms with Crippen LogP contribution >= 0.6 is 17.0 Å². The van der Waals surface area contributed by atoms with Gasteiger partial charge in [-0.2, -0.15) is 0 Å². The van der Waals surface area contributed by atoms with Crippen LogP contribution in [0.5, 0.6) is 0 Å². The van der Waals surface area contributed by atoms with Crippen LogP contribution in [0.1, 0.15) is 6.42 Å². The number of hydrogen-bond donors (Lipinski definition) is 0. The standard InChI is InChI=1S/C5H6.2ClH.Zr/c1-2-4-5-3-1;;;/h1-4H,5H2;2*1H;/q;;;+2/p-2. The van der Waals surface area contributed by atoms with E-state index in [2.05, 4.69) is 24.3 Å². The van der Waals surface area contributed by atoms with Crippen molar-refractivity contribution in [3.63, 3.8) is 0 Å². The Balaban J connectivity index is 0.000000145. The van der Waals surface area contributed by atoms with E-state index in [0.29, 0.717) is 0 Å². The third kappa shape index (κ3) is 6.94. The topological polar surface area (TPSA) is 0 Å². The predicted octanol–water partition coefficient (Wildman–Crippen LogP) is 2.88. The molecule has 44 valence electrons. The molecule has 0 heterocycles. The molecule has 1 aliphatic carbocycles. The van der Waals surface area contributed by atoms with Gasteiger partial charge in [-0.05, 0) is 6.42 Å². The van der Waals surface area contributed by atoms with E-state index in [1.54, 1.807) is 0 Å². The van der Waals surface area contributed by atoms with E-state index in [4.69, 9.17) is 17.0 Å². The summed E-state index contributed by atoms with van der Waals surface area (Å²) in [5, 5.41) is 0. The van der Waals surface area contributed by atoms with Crippen LogP contribution in [0.2, 0.25) is 0 Å². The molecule has 0 bridgehead atoms. The summed E-state index contributed by atoms with van der Waals surface area (Å²) in [5.74, 6) is 0. The van der Waals surface area contributed by atoms with Crippen molar-refractivity contribution in [3.8, 4) is 0 Å². The molecule has 1 rings (SSSR count). The van der Waals surface area contributed by atoms with Gasteiger partial charge in [0.25, 0.3) is 0 Å². The minimum atomic E-state index is -0.826. The third-order valence-corrected chi connectivity index (χ3v) is 0.655. The van der Waals surface area contributed by atoms with E-state index < -0.39 is 20.8 Å². The molecular weight excluding hydrogens is 222 g/mol. The van der Waals surface area contributed by atoms with Crippen LogP contribution < -0.4 is 0 Å². The molecule has 0 saturated heterocycles. The SMILES string of the molecule is C1=CCC=C1.[Cl][Zr][Cl]. The zero-order valence-corrected chi connectivity index (χ0v) is 8.24. The van der Waals surface area contributed by atoms with Crippen molar-refractivity contribution in [2.75, 3.05) is 0 Å². The van der Waals surface area contributed by atoms with Crippen molar-refractivity contribution in [2.24, 2.45) is 0 Å². The summed E-state index contributed by atoms with van der Waals surface area (Å²) < 4.78 is 0. The second kappa shape index (κ2) is 7.94. The van der Waals surface area contributed by atoms with Crippen LogP contribution in [-0.4, -0.2) is 0 Å². The zero-order valence-electron chi connectivity index (χ0n) is 4.27. The maximum absolute atomic E-state index is 4.93. The quantitative estimate of drug-likeness (QED) is 0.598. The Morgan fingerprint density at radius 1 is 1.12 bits per heavy atom. The Bertz CT molecular complexity index is 78.4. The van der Waals surface area contributed by atoms with Crippen molar-refractivity contribution in [1.29, 1.82) is 0 Å². The van der Waals surface area contributed by atoms with E-state index in [1.165, 1.54) is 0 Å². The van der Waals surface area contributed by atoms with Gasteiger partial charge >= 0.3 is 37.9 Å².